The molecule has 4 bridgehead atoms. The Bertz CT molecular complexity index is 495. The molecule has 5 aliphatic rings. The van der Waals surface area contributed by atoms with Gasteiger partial charge in [0.05, 0.1) is 11.3 Å². The number of nitrogens with zero attached hydrogens (tertiary/aromatic N) is 1. The van der Waals surface area contributed by atoms with Gasteiger partial charge in [0, 0.05) is 19.1 Å². The highest BCUT2D eigenvalue weighted by Crippen LogP contribution is 2.60. The quantitative estimate of drug-likeness (QED) is 0.775. The van der Waals surface area contributed by atoms with Crippen LogP contribution in [-0.4, -0.2) is 48.5 Å². The van der Waals surface area contributed by atoms with Crippen LogP contribution < -0.4 is 5.32 Å². The molecule has 5 rings (SSSR count). The van der Waals surface area contributed by atoms with Crippen LogP contribution in [0.5, 0.6) is 0 Å². The van der Waals surface area contributed by atoms with Crippen molar-refractivity contribution in [1.29, 1.82) is 0 Å². The molecule has 0 radical (unpaired) electrons. The Morgan fingerprint density at radius 2 is 1.60 bits per heavy atom. The summed E-state index contributed by atoms with van der Waals surface area (Å²) in [7, 11) is 0. The number of piperidine rings is 1. The van der Waals surface area contributed by atoms with E-state index in [0.717, 1.165) is 62.9 Å². The molecule has 1 saturated heterocycles. The molecule has 0 aromatic carbocycles. The van der Waals surface area contributed by atoms with Crippen LogP contribution in [0.25, 0.3) is 0 Å². The smallest absolute Gasteiger partial charge is 0.407 e. The maximum atomic E-state index is 13.3. The molecule has 4 saturated carbocycles. The molecule has 1 heterocycles. The van der Waals surface area contributed by atoms with Gasteiger partial charge in [-0.3, -0.25) is 4.79 Å². The minimum Gasteiger partial charge on any atom is -0.448 e. The number of likely N-dealkylation sites (tertiary alicyclic amines) is 1. The van der Waals surface area contributed by atoms with Gasteiger partial charge in [0.2, 0.25) is 5.91 Å². The first-order valence-electron chi connectivity index (χ1n) is 9.86. The van der Waals surface area contributed by atoms with E-state index >= 15 is 0 Å². The predicted octanol–water partition coefficient (Wildman–Crippen LogP) is 3.16. The van der Waals surface area contributed by atoms with E-state index in [0.29, 0.717) is 11.8 Å². The highest BCUT2D eigenvalue weighted by Gasteiger charge is 2.55. The highest BCUT2D eigenvalue weighted by atomic mass is 35.5. The van der Waals surface area contributed by atoms with Crippen LogP contribution in [-0.2, 0) is 9.53 Å². The lowest BCUT2D eigenvalue weighted by atomic mass is 9.49. The van der Waals surface area contributed by atoms with Gasteiger partial charge in [-0.1, -0.05) is 0 Å². The van der Waals surface area contributed by atoms with Crippen molar-refractivity contribution < 1.29 is 14.3 Å². The lowest BCUT2D eigenvalue weighted by molar-refractivity contribution is -0.158. The van der Waals surface area contributed by atoms with E-state index in [9.17, 15) is 9.59 Å². The zero-order valence-corrected chi connectivity index (χ0v) is 15.6. The van der Waals surface area contributed by atoms with Gasteiger partial charge >= 0.3 is 6.09 Å². The zero-order chi connectivity index (χ0) is 17.4. The van der Waals surface area contributed by atoms with E-state index in [1.165, 1.54) is 19.3 Å². The molecule has 0 aromatic rings. The van der Waals surface area contributed by atoms with Crippen LogP contribution in [0, 0.1) is 23.2 Å². The van der Waals surface area contributed by atoms with Crippen molar-refractivity contribution in [3.63, 3.8) is 0 Å². The highest BCUT2D eigenvalue weighted by molar-refractivity contribution is 6.18. The second-order valence-electron chi connectivity index (χ2n) is 8.73. The Balaban J connectivity index is 1.31. The molecule has 0 atom stereocenters. The number of hydrogen-bond donors (Lipinski definition) is 1. The molecule has 0 spiro atoms. The Hall–Kier alpha value is -0.970. The minimum absolute atomic E-state index is 0.0473. The fraction of sp³-hybridized carbons (Fsp3) is 0.895. The van der Waals surface area contributed by atoms with Gasteiger partial charge in [-0.15, -0.1) is 11.6 Å². The predicted molar refractivity (Wildman–Crippen MR) is 95.4 cm³/mol. The number of carbonyl (C=O) groups is 2. The molecule has 6 heteroatoms. The number of nitrogens with one attached hydrogen (secondary N) is 1. The lowest BCUT2D eigenvalue weighted by Crippen LogP contribution is -2.56. The van der Waals surface area contributed by atoms with Crippen molar-refractivity contribution in [2.24, 2.45) is 23.2 Å². The summed E-state index contributed by atoms with van der Waals surface area (Å²) in [5.41, 5.74) is -0.0473. The van der Waals surface area contributed by atoms with Gasteiger partial charge < -0.3 is 15.0 Å². The summed E-state index contributed by atoms with van der Waals surface area (Å²) in [5.74, 6) is 3.11. The molecule has 5 nitrogen and oxygen atoms in total. The van der Waals surface area contributed by atoms with Crippen molar-refractivity contribution in [1.82, 2.24) is 10.2 Å². The first kappa shape index (κ1) is 17.4. The number of hydrogen-bond acceptors (Lipinski definition) is 3. The molecule has 4 aliphatic carbocycles. The third-order valence-electron chi connectivity index (χ3n) is 6.91. The Morgan fingerprint density at radius 3 is 2.12 bits per heavy atom. The number of ether oxygens (including phenoxy) is 1. The van der Waals surface area contributed by atoms with Crippen molar-refractivity contribution in [3.8, 4) is 0 Å². The third-order valence-corrected chi connectivity index (χ3v) is 7.06. The van der Waals surface area contributed by atoms with Gasteiger partial charge in [0.1, 0.15) is 6.61 Å². The standard InChI is InChI=1S/C19H29ClN2O3/c20-3-6-25-18(24)21-16-1-4-22(5-2-16)17(23)19-10-13-7-14(11-19)9-15(8-13)12-19/h13-16H,1-12H2,(H,21,24). The van der Waals surface area contributed by atoms with E-state index in [1.807, 2.05) is 0 Å². The summed E-state index contributed by atoms with van der Waals surface area (Å²) in [5, 5.41) is 2.89. The number of carbonyl (C=O) groups excluding carboxylic acids is 2. The normalized spacial score (nSPS) is 37.2. The van der Waals surface area contributed by atoms with Gasteiger partial charge in [-0.2, -0.15) is 0 Å². The second-order valence-corrected chi connectivity index (χ2v) is 9.11. The van der Waals surface area contributed by atoms with Crippen LogP contribution in [0.15, 0.2) is 0 Å². The van der Waals surface area contributed by atoms with Gasteiger partial charge in [-0.05, 0) is 69.1 Å². The lowest BCUT2D eigenvalue weighted by Gasteiger charge is -2.57. The maximum Gasteiger partial charge on any atom is 0.407 e. The van der Waals surface area contributed by atoms with Crippen LogP contribution >= 0.6 is 11.6 Å². The molecule has 0 aromatic heterocycles. The minimum atomic E-state index is -0.397. The van der Waals surface area contributed by atoms with Crippen molar-refractivity contribution in [2.45, 2.75) is 57.4 Å². The van der Waals surface area contributed by atoms with E-state index < -0.39 is 6.09 Å². The Morgan fingerprint density at radius 1 is 1.04 bits per heavy atom. The largest absolute Gasteiger partial charge is 0.448 e. The van der Waals surface area contributed by atoms with Crippen molar-refractivity contribution in [3.05, 3.63) is 0 Å². The monoisotopic (exact) mass is 368 g/mol. The third kappa shape index (κ3) is 3.49. The Labute approximate surface area is 154 Å². The molecule has 1 aliphatic heterocycles. The first-order valence-corrected chi connectivity index (χ1v) is 10.4. The molecule has 0 unspecified atom stereocenters. The molecule has 5 fully saturated rings. The Kier molecular flexibility index (Phi) is 4.87. The zero-order valence-electron chi connectivity index (χ0n) is 14.8. The molecule has 1 N–H and O–H groups in total. The topological polar surface area (TPSA) is 58.6 Å². The second kappa shape index (κ2) is 6.98. The fourth-order valence-electron chi connectivity index (χ4n) is 6.27. The molecule has 25 heavy (non-hydrogen) atoms. The average molecular weight is 369 g/mol. The van der Waals surface area contributed by atoms with Crippen molar-refractivity contribution in [2.75, 3.05) is 25.6 Å². The maximum absolute atomic E-state index is 13.3. The first-order chi connectivity index (χ1) is 12.1. The molecular weight excluding hydrogens is 340 g/mol. The number of alkyl carbamates (subject to hydrolysis) is 1. The van der Waals surface area contributed by atoms with Crippen LogP contribution in [0.1, 0.15) is 51.4 Å². The molecule has 140 valence electrons. The molecular formula is C19H29ClN2O3. The van der Waals surface area contributed by atoms with E-state index in [-0.39, 0.29) is 18.1 Å². The van der Waals surface area contributed by atoms with E-state index in [4.69, 9.17) is 16.3 Å². The fourth-order valence-corrected chi connectivity index (χ4v) is 6.35. The van der Waals surface area contributed by atoms with Gasteiger partial charge in [-0.25, -0.2) is 4.79 Å². The van der Waals surface area contributed by atoms with Crippen LogP contribution in [0.4, 0.5) is 4.79 Å². The van der Waals surface area contributed by atoms with E-state index in [1.54, 1.807) is 0 Å². The average Bonchev–Trinajstić information content (AvgIpc) is 2.59. The SMILES string of the molecule is O=C(NC1CCN(C(=O)C23CC4CC(CC(C4)C2)C3)CC1)OCCCl. The van der Waals surface area contributed by atoms with Gasteiger partial charge in [0.15, 0.2) is 0 Å². The van der Waals surface area contributed by atoms with Crippen LogP contribution in [0.2, 0.25) is 0 Å². The number of amides is 2. The summed E-state index contributed by atoms with van der Waals surface area (Å²) in [6, 6.07) is 0.100. The summed E-state index contributed by atoms with van der Waals surface area (Å²) in [4.78, 5) is 27.0. The van der Waals surface area contributed by atoms with E-state index in [2.05, 4.69) is 10.2 Å². The summed E-state index contributed by atoms with van der Waals surface area (Å²) in [6.45, 7) is 1.73. The summed E-state index contributed by atoms with van der Waals surface area (Å²) >= 11 is 5.52. The van der Waals surface area contributed by atoms with Crippen LogP contribution in [0.3, 0.4) is 0 Å². The number of rotatable bonds is 4. The number of alkyl halides is 1. The van der Waals surface area contributed by atoms with Crippen molar-refractivity contribution >= 4 is 23.6 Å². The summed E-state index contributed by atoms with van der Waals surface area (Å²) in [6.07, 6.45) is 8.70. The summed E-state index contributed by atoms with van der Waals surface area (Å²) < 4.78 is 4.97. The number of halogens is 1. The van der Waals surface area contributed by atoms with Gasteiger partial charge in [0.25, 0.3) is 0 Å². The molecule has 2 amide bonds.